The zero-order chi connectivity index (χ0) is 16.9. The molecule has 2 aromatic rings. The SMILES string of the molecule is O=C(Cc1ccc(Cl)cc1)N1CCC(C(O)c2ccccc2)CC1. The van der Waals surface area contributed by atoms with Crippen molar-refractivity contribution in [1.29, 1.82) is 0 Å². The number of nitrogens with zero attached hydrogens (tertiary/aromatic N) is 1. The van der Waals surface area contributed by atoms with Gasteiger partial charge in [0.2, 0.25) is 5.91 Å². The predicted molar refractivity (Wildman–Crippen MR) is 95.9 cm³/mol. The number of hydrogen-bond acceptors (Lipinski definition) is 2. The lowest BCUT2D eigenvalue weighted by Gasteiger charge is -2.34. The molecule has 1 unspecified atom stereocenters. The first-order chi connectivity index (χ1) is 11.6. The number of aliphatic hydroxyl groups excluding tert-OH is 1. The lowest BCUT2D eigenvalue weighted by molar-refractivity contribution is -0.132. The zero-order valence-corrected chi connectivity index (χ0v) is 14.3. The first-order valence-electron chi connectivity index (χ1n) is 8.39. The van der Waals surface area contributed by atoms with E-state index in [1.165, 1.54) is 0 Å². The highest BCUT2D eigenvalue weighted by Crippen LogP contribution is 2.30. The summed E-state index contributed by atoms with van der Waals surface area (Å²) in [5.74, 6) is 0.358. The van der Waals surface area contributed by atoms with E-state index in [0.29, 0.717) is 24.5 Å². The number of amides is 1. The van der Waals surface area contributed by atoms with E-state index in [2.05, 4.69) is 0 Å². The van der Waals surface area contributed by atoms with Crippen molar-refractivity contribution in [2.75, 3.05) is 13.1 Å². The summed E-state index contributed by atoms with van der Waals surface area (Å²) in [6, 6.07) is 17.2. The normalized spacial score (nSPS) is 16.8. The molecule has 2 aromatic carbocycles. The van der Waals surface area contributed by atoms with Crippen LogP contribution in [-0.4, -0.2) is 29.0 Å². The summed E-state index contributed by atoms with van der Waals surface area (Å²) in [5, 5.41) is 11.2. The van der Waals surface area contributed by atoms with E-state index in [1.54, 1.807) is 0 Å². The van der Waals surface area contributed by atoms with Crippen molar-refractivity contribution < 1.29 is 9.90 Å². The topological polar surface area (TPSA) is 40.5 Å². The molecule has 126 valence electrons. The van der Waals surface area contributed by atoms with Crippen molar-refractivity contribution in [3.05, 3.63) is 70.7 Å². The third kappa shape index (κ3) is 4.16. The zero-order valence-electron chi connectivity index (χ0n) is 13.6. The van der Waals surface area contributed by atoms with Gasteiger partial charge in [-0.15, -0.1) is 0 Å². The fourth-order valence-electron chi connectivity index (χ4n) is 3.28. The molecule has 1 heterocycles. The predicted octanol–water partition coefficient (Wildman–Crippen LogP) is 3.85. The minimum absolute atomic E-state index is 0.143. The number of aliphatic hydroxyl groups is 1. The average Bonchev–Trinajstić information content (AvgIpc) is 2.64. The van der Waals surface area contributed by atoms with Crippen LogP contribution in [0, 0.1) is 5.92 Å². The van der Waals surface area contributed by atoms with Gasteiger partial charge in [-0.25, -0.2) is 0 Å². The third-order valence-electron chi connectivity index (χ3n) is 4.75. The van der Waals surface area contributed by atoms with E-state index in [4.69, 9.17) is 11.6 Å². The monoisotopic (exact) mass is 343 g/mol. The van der Waals surface area contributed by atoms with Gasteiger partial charge in [-0.1, -0.05) is 54.1 Å². The van der Waals surface area contributed by atoms with Gasteiger partial charge >= 0.3 is 0 Å². The van der Waals surface area contributed by atoms with Crippen molar-refractivity contribution in [1.82, 2.24) is 4.90 Å². The van der Waals surface area contributed by atoms with Gasteiger partial charge in [0.05, 0.1) is 12.5 Å². The molecular weight excluding hydrogens is 322 g/mol. The van der Waals surface area contributed by atoms with Crippen LogP contribution in [0.3, 0.4) is 0 Å². The van der Waals surface area contributed by atoms with E-state index in [0.717, 1.165) is 24.0 Å². The van der Waals surface area contributed by atoms with Gasteiger partial charge in [-0.2, -0.15) is 0 Å². The number of carbonyl (C=O) groups is 1. The van der Waals surface area contributed by atoms with Crippen LogP contribution in [0.2, 0.25) is 5.02 Å². The molecule has 0 saturated carbocycles. The van der Waals surface area contributed by atoms with Gasteiger partial charge in [0.1, 0.15) is 0 Å². The number of hydrogen-bond donors (Lipinski definition) is 1. The Morgan fingerprint density at radius 3 is 2.33 bits per heavy atom. The Labute approximate surface area is 147 Å². The Kier molecular flexibility index (Phi) is 5.54. The Balaban J connectivity index is 1.53. The summed E-state index contributed by atoms with van der Waals surface area (Å²) in [5.41, 5.74) is 1.94. The summed E-state index contributed by atoms with van der Waals surface area (Å²) in [6.07, 6.45) is 1.63. The lowest BCUT2D eigenvalue weighted by Crippen LogP contribution is -2.40. The summed E-state index contributed by atoms with van der Waals surface area (Å²) in [4.78, 5) is 14.3. The Hall–Kier alpha value is -1.84. The smallest absolute Gasteiger partial charge is 0.226 e. The standard InChI is InChI=1S/C20H22ClNO2/c21-18-8-6-15(7-9-18)14-19(23)22-12-10-17(11-13-22)20(24)16-4-2-1-3-5-16/h1-9,17,20,24H,10-14H2. The molecule has 0 aliphatic carbocycles. The Bertz CT molecular complexity index is 664. The Morgan fingerprint density at radius 1 is 1.08 bits per heavy atom. The minimum Gasteiger partial charge on any atom is -0.388 e. The fourth-order valence-corrected chi connectivity index (χ4v) is 3.40. The average molecular weight is 344 g/mol. The molecule has 3 nitrogen and oxygen atoms in total. The van der Waals surface area contributed by atoms with E-state index < -0.39 is 6.10 Å². The molecule has 1 saturated heterocycles. The van der Waals surface area contributed by atoms with Gasteiger partial charge in [0, 0.05) is 18.1 Å². The summed E-state index contributed by atoms with van der Waals surface area (Å²) in [6.45, 7) is 1.42. The number of piperidine rings is 1. The van der Waals surface area contributed by atoms with Crippen molar-refractivity contribution in [2.45, 2.75) is 25.4 Å². The van der Waals surface area contributed by atoms with Gasteiger partial charge in [-0.05, 0) is 42.0 Å². The first-order valence-corrected chi connectivity index (χ1v) is 8.76. The number of halogens is 1. The quantitative estimate of drug-likeness (QED) is 0.915. The maximum Gasteiger partial charge on any atom is 0.226 e. The van der Waals surface area contributed by atoms with Crippen LogP contribution >= 0.6 is 11.6 Å². The van der Waals surface area contributed by atoms with E-state index in [-0.39, 0.29) is 11.8 Å². The highest BCUT2D eigenvalue weighted by atomic mass is 35.5. The molecule has 0 bridgehead atoms. The summed E-state index contributed by atoms with van der Waals surface area (Å²) >= 11 is 5.87. The second-order valence-electron chi connectivity index (χ2n) is 6.38. The largest absolute Gasteiger partial charge is 0.388 e. The lowest BCUT2D eigenvalue weighted by atomic mass is 9.87. The van der Waals surface area contributed by atoms with Crippen LogP contribution in [0.15, 0.2) is 54.6 Å². The molecule has 24 heavy (non-hydrogen) atoms. The highest BCUT2D eigenvalue weighted by Gasteiger charge is 2.28. The number of likely N-dealkylation sites (tertiary alicyclic amines) is 1. The highest BCUT2D eigenvalue weighted by molar-refractivity contribution is 6.30. The third-order valence-corrected chi connectivity index (χ3v) is 5.00. The molecule has 1 aliphatic heterocycles. The van der Waals surface area contributed by atoms with Crippen molar-refractivity contribution in [3.8, 4) is 0 Å². The number of benzene rings is 2. The van der Waals surface area contributed by atoms with Crippen LogP contribution in [0.1, 0.15) is 30.1 Å². The van der Waals surface area contributed by atoms with Gasteiger partial charge in [-0.3, -0.25) is 4.79 Å². The summed E-state index contributed by atoms with van der Waals surface area (Å²) < 4.78 is 0. The van der Waals surface area contributed by atoms with Crippen molar-refractivity contribution >= 4 is 17.5 Å². The Morgan fingerprint density at radius 2 is 1.71 bits per heavy atom. The second-order valence-corrected chi connectivity index (χ2v) is 6.81. The maximum atomic E-state index is 12.4. The molecule has 1 atom stereocenters. The van der Waals surface area contributed by atoms with E-state index in [9.17, 15) is 9.90 Å². The minimum atomic E-state index is -0.445. The van der Waals surface area contributed by atoms with Gasteiger partial charge < -0.3 is 10.0 Å². The van der Waals surface area contributed by atoms with Crippen molar-refractivity contribution in [2.24, 2.45) is 5.92 Å². The van der Waals surface area contributed by atoms with Crippen molar-refractivity contribution in [3.63, 3.8) is 0 Å². The van der Waals surface area contributed by atoms with Crippen LogP contribution in [-0.2, 0) is 11.2 Å². The molecule has 1 aliphatic rings. The van der Waals surface area contributed by atoms with Crippen LogP contribution < -0.4 is 0 Å². The molecule has 1 fully saturated rings. The van der Waals surface area contributed by atoms with Gasteiger partial charge in [0.25, 0.3) is 0 Å². The molecule has 0 spiro atoms. The molecule has 1 N–H and O–H groups in total. The van der Waals surface area contributed by atoms with E-state index >= 15 is 0 Å². The van der Waals surface area contributed by atoms with E-state index in [1.807, 2.05) is 59.5 Å². The molecular formula is C20H22ClNO2. The number of carbonyl (C=O) groups excluding carboxylic acids is 1. The van der Waals surface area contributed by atoms with Crippen LogP contribution in [0.4, 0.5) is 0 Å². The maximum absolute atomic E-state index is 12.4. The van der Waals surface area contributed by atoms with Crippen LogP contribution in [0.5, 0.6) is 0 Å². The molecule has 4 heteroatoms. The molecule has 0 radical (unpaired) electrons. The summed E-state index contributed by atoms with van der Waals surface area (Å²) in [7, 11) is 0. The van der Waals surface area contributed by atoms with Crippen LogP contribution in [0.25, 0.3) is 0 Å². The molecule has 0 aromatic heterocycles. The van der Waals surface area contributed by atoms with Gasteiger partial charge in [0.15, 0.2) is 0 Å². The number of rotatable bonds is 4. The molecule has 3 rings (SSSR count). The fraction of sp³-hybridized carbons (Fsp3) is 0.350. The molecule has 1 amide bonds. The first kappa shape index (κ1) is 17.0. The second kappa shape index (κ2) is 7.82.